The molecule has 0 radical (unpaired) electrons. The number of rotatable bonds is 3. The molecule has 132 valence electrons. The summed E-state index contributed by atoms with van der Waals surface area (Å²) in [6.07, 6.45) is 4.02. The van der Waals surface area contributed by atoms with Crippen LogP contribution in [0.5, 0.6) is 0 Å². The smallest absolute Gasteiger partial charge is 0.290 e. The van der Waals surface area contributed by atoms with Crippen molar-refractivity contribution >= 4 is 50.7 Å². The Hall–Kier alpha value is -3.25. The molecule has 0 atom stereocenters. The Morgan fingerprint density at radius 1 is 1.04 bits per heavy atom. The molecule has 0 aliphatic carbocycles. The molecule has 4 aromatic rings. The standard InChI is InChI=1S/C21H13NO4S/c23-20-19(27-21(24)22-20)8-12-5-6-17-14(7-12)9-15(26-17)10-18-16-4-2-1-3-13(16)11-25-18/h1-9,11H,10H2,(H,22,23,24). The minimum atomic E-state index is -0.359. The van der Waals surface area contributed by atoms with Gasteiger partial charge in [-0.1, -0.05) is 30.3 Å². The van der Waals surface area contributed by atoms with Crippen molar-refractivity contribution in [2.75, 3.05) is 0 Å². The summed E-state index contributed by atoms with van der Waals surface area (Å²) in [4.78, 5) is 23.4. The second kappa shape index (κ2) is 6.17. The number of amides is 2. The van der Waals surface area contributed by atoms with Crippen molar-refractivity contribution in [3.05, 3.63) is 76.8 Å². The van der Waals surface area contributed by atoms with Crippen LogP contribution >= 0.6 is 11.8 Å². The van der Waals surface area contributed by atoms with Crippen LogP contribution in [0.3, 0.4) is 0 Å². The molecule has 0 unspecified atom stereocenters. The first-order valence-electron chi connectivity index (χ1n) is 8.38. The van der Waals surface area contributed by atoms with E-state index in [1.807, 2.05) is 48.5 Å². The molecule has 5 nitrogen and oxygen atoms in total. The van der Waals surface area contributed by atoms with Gasteiger partial charge in [0.1, 0.15) is 17.1 Å². The Bertz CT molecular complexity index is 1250. The van der Waals surface area contributed by atoms with Crippen molar-refractivity contribution in [2.45, 2.75) is 6.42 Å². The van der Waals surface area contributed by atoms with E-state index in [0.29, 0.717) is 11.3 Å². The van der Waals surface area contributed by atoms with Crippen LogP contribution in [0.1, 0.15) is 17.1 Å². The van der Waals surface area contributed by atoms with Gasteiger partial charge in [0.05, 0.1) is 17.6 Å². The molecule has 5 rings (SSSR count). The molecular formula is C21H13NO4S. The normalized spacial score (nSPS) is 15.9. The summed E-state index contributed by atoms with van der Waals surface area (Å²) >= 11 is 0.909. The molecule has 2 aromatic carbocycles. The molecule has 27 heavy (non-hydrogen) atoms. The van der Waals surface area contributed by atoms with E-state index >= 15 is 0 Å². The van der Waals surface area contributed by atoms with Crippen molar-refractivity contribution < 1.29 is 18.4 Å². The highest BCUT2D eigenvalue weighted by atomic mass is 32.2. The molecule has 1 saturated heterocycles. The van der Waals surface area contributed by atoms with E-state index in [0.717, 1.165) is 50.6 Å². The van der Waals surface area contributed by atoms with E-state index in [1.165, 1.54) is 0 Å². The maximum Gasteiger partial charge on any atom is 0.290 e. The second-order valence-corrected chi connectivity index (χ2v) is 7.30. The van der Waals surface area contributed by atoms with E-state index in [1.54, 1.807) is 12.3 Å². The van der Waals surface area contributed by atoms with Gasteiger partial charge in [0, 0.05) is 16.2 Å². The first kappa shape index (κ1) is 16.0. The van der Waals surface area contributed by atoms with Gasteiger partial charge in [-0.3, -0.25) is 14.9 Å². The average molecular weight is 375 g/mol. The number of carbonyl (C=O) groups excluding carboxylic acids is 2. The molecular weight excluding hydrogens is 362 g/mol. The lowest BCUT2D eigenvalue weighted by atomic mass is 10.1. The van der Waals surface area contributed by atoms with Crippen molar-refractivity contribution in [3.63, 3.8) is 0 Å². The molecule has 1 aliphatic rings. The fraction of sp³-hybridized carbons (Fsp3) is 0.0476. The zero-order chi connectivity index (χ0) is 18.4. The number of furan rings is 2. The third-order valence-electron chi connectivity index (χ3n) is 4.46. The number of thioether (sulfide) groups is 1. The van der Waals surface area contributed by atoms with Crippen molar-refractivity contribution in [3.8, 4) is 0 Å². The minimum absolute atomic E-state index is 0.344. The first-order chi connectivity index (χ1) is 13.2. The number of hydrogen-bond acceptors (Lipinski definition) is 5. The zero-order valence-corrected chi connectivity index (χ0v) is 14.8. The van der Waals surface area contributed by atoms with Gasteiger partial charge in [-0.15, -0.1) is 0 Å². The average Bonchev–Trinajstić information content (AvgIpc) is 3.33. The van der Waals surface area contributed by atoms with Gasteiger partial charge < -0.3 is 8.83 Å². The monoisotopic (exact) mass is 375 g/mol. The largest absolute Gasteiger partial charge is 0.468 e. The Labute approximate surface area is 158 Å². The maximum atomic E-state index is 11.7. The van der Waals surface area contributed by atoms with Crippen LogP contribution in [0.25, 0.3) is 27.8 Å². The quantitative estimate of drug-likeness (QED) is 0.505. The Morgan fingerprint density at radius 3 is 2.78 bits per heavy atom. The Kier molecular flexibility index (Phi) is 3.65. The van der Waals surface area contributed by atoms with Gasteiger partial charge in [0.15, 0.2) is 0 Å². The van der Waals surface area contributed by atoms with E-state index in [-0.39, 0.29) is 11.1 Å². The van der Waals surface area contributed by atoms with E-state index in [9.17, 15) is 9.59 Å². The number of imide groups is 1. The second-order valence-electron chi connectivity index (χ2n) is 6.29. The molecule has 0 bridgehead atoms. The number of hydrogen-bond donors (Lipinski definition) is 1. The molecule has 3 heterocycles. The number of fused-ring (bicyclic) bond motifs is 2. The molecule has 2 amide bonds. The molecule has 1 fully saturated rings. The highest BCUT2D eigenvalue weighted by molar-refractivity contribution is 8.18. The van der Waals surface area contributed by atoms with Crippen LogP contribution in [-0.2, 0) is 11.2 Å². The third-order valence-corrected chi connectivity index (χ3v) is 5.27. The predicted octanol–water partition coefficient (Wildman–Crippen LogP) is 5.09. The summed E-state index contributed by atoms with van der Waals surface area (Å²) in [5.41, 5.74) is 1.60. The Morgan fingerprint density at radius 2 is 1.93 bits per heavy atom. The Balaban J connectivity index is 1.46. The van der Waals surface area contributed by atoms with Gasteiger partial charge in [-0.05, 0) is 41.6 Å². The highest BCUT2D eigenvalue weighted by Gasteiger charge is 2.25. The van der Waals surface area contributed by atoms with Crippen molar-refractivity contribution in [1.82, 2.24) is 5.32 Å². The predicted molar refractivity (Wildman–Crippen MR) is 104 cm³/mol. The summed E-state index contributed by atoms with van der Waals surface area (Å²) in [5, 5.41) is 5.00. The molecule has 2 aromatic heterocycles. The number of benzene rings is 2. The number of nitrogens with one attached hydrogen (secondary N) is 1. The first-order valence-corrected chi connectivity index (χ1v) is 9.20. The van der Waals surface area contributed by atoms with Crippen LogP contribution in [0.4, 0.5) is 4.79 Å². The van der Waals surface area contributed by atoms with Crippen LogP contribution in [0.15, 0.2) is 68.5 Å². The van der Waals surface area contributed by atoms with Gasteiger partial charge in [0.25, 0.3) is 11.1 Å². The lowest BCUT2D eigenvalue weighted by Crippen LogP contribution is -2.17. The highest BCUT2D eigenvalue weighted by Crippen LogP contribution is 2.29. The van der Waals surface area contributed by atoms with E-state index in [2.05, 4.69) is 5.32 Å². The fourth-order valence-electron chi connectivity index (χ4n) is 3.21. The maximum absolute atomic E-state index is 11.7. The van der Waals surface area contributed by atoms with Gasteiger partial charge in [0.2, 0.25) is 0 Å². The molecule has 1 N–H and O–H groups in total. The van der Waals surface area contributed by atoms with Crippen molar-refractivity contribution in [2.24, 2.45) is 0 Å². The van der Waals surface area contributed by atoms with Crippen LogP contribution in [-0.4, -0.2) is 11.1 Å². The number of carbonyl (C=O) groups is 2. The van der Waals surface area contributed by atoms with E-state index < -0.39 is 0 Å². The zero-order valence-electron chi connectivity index (χ0n) is 14.0. The third kappa shape index (κ3) is 2.94. The van der Waals surface area contributed by atoms with Crippen molar-refractivity contribution in [1.29, 1.82) is 0 Å². The summed E-state index contributed by atoms with van der Waals surface area (Å²) in [6.45, 7) is 0. The van der Waals surface area contributed by atoms with E-state index in [4.69, 9.17) is 8.83 Å². The van der Waals surface area contributed by atoms with Gasteiger partial charge in [-0.25, -0.2) is 0 Å². The molecule has 0 saturated carbocycles. The molecule has 1 aliphatic heterocycles. The lowest BCUT2D eigenvalue weighted by Gasteiger charge is -1.95. The summed E-state index contributed by atoms with van der Waals surface area (Å²) in [7, 11) is 0. The van der Waals surface area contributed by atoms with Gasteiger partial charge in [-0.2, -0.15) is 0 Å². The minimum Gasteiger partial charge on any atom is -0.468 e. The van der Waals surface area contributed by atoms with Gasteiger partial charge >= 0.3 is 0 Å². The van der Waals surface area contributed by atoms with Crippen LogP contribution < -0.4 is 5.32 Å². The summed E-state index contributed by atoms with van der Waals surface area (Å²) in [5.74, 6) is 1.31. The topological polar surface area (TPSA) is 72.5 Å². The molecule has 6 heteroatoms. The van der Waals surface area contributed by atoms with Crippen LogP contribution in [0, 0.1) is 0 Å². The summed E-state index contributed by atoms with van der Waals surface area (Å²) < 4.78 is 11.6. The SMILES string of the molecule is O=C1NC(=O)C(=Cc2ccc3oc(Cc4occ5ccccc45)cc3c2)S1. The van der Waals surface area contributed by atoms with Crippen LogP contribution in [0.2, 0.25) is 0 Å². The lowest BCUT2D eigenvalue weighted by molar-refractivity contribution is -0.115. The fourth-order valence-corrected chi connectivity index (χ4v) is 3.90. The molecule has 0 spiro atoms. The summed E-state index contributed by atoms with van der Waals surface area (Å²) in [6, 6.07) is 15.7.